The van der Waals surface area contributed by atoms with Crippen LogP contribution in [-0.2, 0) is 20.9 Å². The van der Waals surface area contributed by atoms with Gasteiger partial charge in [-0.25, -0.2) is 13.2 Å². The summed E-state index contributed by atoms with van der Waals surface area (Å²) in [5, 5.41) is 10.9. The minimum absolute atomic E-state index is 0.0533. The second-order valence-electron chi connectivity index (χ2n) is 11.5. The summed E-state index contributed by atoms with van der Waals surface area (Å²) in [4.78, 5) is 15.5. The van der Waals surface area contributed by atoms with Crippen molar-refractivity contribution in [3.63, 3.8) is 0 Å². The molecule has 194 valence electrons. The Morgan fingerprint density at radius 2 is 1.80 bits per heavy atom. The number of carboxylic acid groups (broad SMARTS) is 1. The van der Waals surface area contributed by atoms with Crippen molar-refractivity contribution in [1.29, 1.82) is 0 Å². The molecule has 1 aliphatic rings. The van der Waals surface area contributed by atoms with Crippen LogP contribution in [0.5, 0.6) is 0 Å². The summed E-state index contributed by atoms with van der Waals surface area (Å²) in [6, 6.07) is 4.97. The fourth-order valence-corrected chi connectivity index (χ4v) is 7.83. The molecule has 1 heterocycles. The zero-order valence-corrected chi connectivity index (χ0v) is 23.9. The van der Waals surface area contributed by atoms with E-state index in [9.17, 15) is 18.3 Å². The van der Waals surface area contributed by atoms with Gasteiger partial charge in [0.1, 0.15) is 0 Å². The van der Waals surface area contributed by atoms with Crippen molar-refractivity contribution in [2.24, 2.45) is 5.92 Å². The molecule has 0 saturated carbocycles. The molecule has 2 N–H and O–H groups in total. The molecule has 1 aliphatic carbocycles. The highest BCUT2D eigenvalue weighted by atomic mass is 32.2. The van der Waals surface area contributed by atoms with Crippen LogP contribution in [0, 0.1) is 12.8 Å². The summed E-state index contributed by atoms with van der Waals surface area (Å²) in [6.45, 7) is 18.3. The average molecular weight is 521 g/mol. The van der Waals surface area contributed by atoms with Crippen molar-refractivity contribution in [3.8, 4) is 0 Å². The van der Waals surface area contributed by atoms with Gasteiger partial charge in [-0.3, -0.25) is 4.72 Å². The van der Waals surface area contributed by atoms with Gasteiger partial charge in [0.15, 0.2) is 0 Å². The zero-order chi connectivity index (χ0) is 26.3. The molecule has 35 heavy (non-hydrogen) atoms. The molecule has 8 heteroatoms. The molecule has 2 aromatic rings. The Hall–Kier alpha value is -2.06. The van der Waals surface area contributed by atoms with Crippen molar-refractivity contribution < 1.29 is 18.3 Å². The van der Waals surface area contributed by atoms with Crippen molar-refractivity contribution in [2.45, 2.75) is 85.5 Å². The lowest BCUT2D eigenvalue weighted by Gasteiger charge is -2.39. The first kappa shape index (κ1) is 27.5. The normalized spacial score (nSPS) is 16.7. The lowest BCUT2D eigenvalue weighted by molar-refractivity contribution is 0.0698. The zero-order valence-electron chi connectivity index (χ0n) is 22.3. The molecular formula is C27H40N2O4S2. The van der Waals surface area contributed by atoms with Crippen LogP contribution in [0.2, 0.25) is 0 Å². The Morgan fingerprint density at radius 1 is 1.17 bits per heavy atom. The second kappa shape index (κ2) is 9.77. The number of rotatable bonds is 9. The Morgan fingerprint density at radius 3 is 2.34 bits per heavy atom. The molecule has 0 radical (unpaired) electrons. The van der Waals surface area contributed by atoms with E-state index in [0.29, 0.717) is 12.3 Å². The molecule has 0 bridgehead atoms. The standard InChI is InChI=1S/C27H40N2O4S2/c1-9-14-35(32,33)28-21-15-19(10-11-20(21)25(30)31)29(16-17(2)3)24-18(4)22-23(34-24)27(7,8)13-12-26(22,5)6/h10-11,15,17,28H,9,12-14,16H2,1-8H3,(H,30,31). The average Bonchev–Trinajstić information content (AvgIpc) is 3.08. The summed E-state index contributed by atoms with van der Waals surface area (Å²) >= 11 is 1.82. The SMILES string of the molecule is CCCS(=O)(=O)Nc1cc(N(CC(C)C)c2sc3c(c2C)C(C)(C)CCC3(C)C)ccc1C(=O)O. The molecular weight excluding hydrogens is 480 g/mol. The molecule has 0 spiro atoms. The van der Waals surface area contributed by atoms with Crippen LogP contribution >= 0.6 is 11.3 Å². The van der Waals surface area contributed by atoms with E-state index >= 15 is 0 Å². The van der Waals surface area contributed by atoms with Gasteiger partial charge in [-0.05, 0) is 72.3 Å². The van der Waals surface area contributed by atoms with Gasteiger partial charge in [0, 0.05) is 17.1 Å². The van der Waals surface area contributed by atoms with Crippen LogP contribution in [-0.4, -0.2) is 31.8 Å². The fourth-order valence-electron chi connectivity index (χ4n) is 5.04. The Bertz CT molecular complexity index is 1210. The highest BCUT2D eigenvalue weighted by Gasteiger charge is 2.41. The highest BCUT2D eigenvalue weighted by molar-refractivity contribution is 7.92. The summed E-state index contributed by atoms with van der Waals surface area (Å²) < 4.78 is 27.6. The van der Waals surface area contributed by atoms with Crippen molar-refractivity contribution in [1.82, 2.24) is 0 Å². The third kappa shape index (κ3) is 5.69. The summed E-state index contributed by atoms with van der Waals surface area (Å²) in [5.74, 6) is -0.881. The minimum Gasteiger partial charge on any atom is -0.478 e. The number of carbonyl (C=O) groups is 1. The van der Waals surface area contributed by atoms with Gasteiger partial charge in [0.2, 0.25) is 10.0 Å². The summed E-state index contributed by atoms with van der Waals surface area (Å²) in [6.07, 6.45) is 2.71. The van der Waals surface area contributed by atoms with Crippen LogP contribution in [0.4, 0.5) is 16.4 Å². The number of thiophene rings is 1. The van der Waals surface area contributed by atoms with Crippen LogP contribution in [0.25, 0.3) is 0 Å². The monoisotopic (exact) mass is 520 g/mol. The predicted octanol–water partition coefficient (Wildman–Crippen LogP) is 7.05. The fraction of sp³-hybridized carbons (Fsp3) is 0.593. The van der Waals surface area contributed by atoms with E-state index in [4.69, 9.17) is 0 Å². The number of nitrogens with zero attached hydrogens (tertiary/aromatic N) is 1. The first-order valence-corrected chi connectivity index (χ1v) is 14.9. The van der Waals surface area contributed by atoms with E-state index in [-0.39, 0.29) is 27.8 Å². The third-order valence-corrected chi connectivity index (χ3v) is 10.0. The predicted molar refractivity (Wildman–Crippen MR) is 147 cm³/mol. The maximum Gasteiger partial charge on any atom is 0.337 e. The first-order chi connectivity index (χ1) is 16.1. The molecule has 1 aromatic heterocycles. The third-order valence-electron chi connectivity index (χ3n) is 6.86. The Kier molecular flexibility index (Phi) is 7.68. The van der Waals surface area contributed by atoms with Crippen molar-refractivity contribution in [2.75, 3.05) is 21.9 Å². The number of fused-ring (bicyclic) bond motifs is 1. The van der Waals surface area contributed by atoms with E-state index in [0.717, 1.165) is 30.1 Å². The second-order valence-corrected chi connectivity index (χ2v) is 14.3. The number of nitrogens with one attached hydrogen (secondary N) is 1. The molecule has 0 saturated heterocycles. The quantitative estimate of drug-likeness (QED) is 0.370. The maximum absolute atomic E-state index is 12.5. The maximum atomic E-state index is 12.5. The number of carboxylic acids is 1. The summed E-state index contributed by atoms with van der Waals surface area (Å²) in [7, 11) is -3.64. The van der Waals surface area contributed by atoms with Gasteiger partial charge < -0.3 is 10.0 Å². The van der Waals surface area contributed by atoms with E-state index in [1.807, 2.05) is 11.3 Å². The number of hydrogen-bond donors (Lipinski definition) is 2. The molecule has 3 rings (SSSR count). The lowest BCUT2D eigenvalue weighted by Crippen LogP contribution is -2.32. The highest BCUT2D eigenvalue weighted by Crippen LogP contribution is 2.54. The number of hydrogen-bond acceptors (Lipinski definition) is 5. The molecule has 1 aromatic carbocycles. The molecule has 0 fully saturated rings. The van der Waals surface area contributed by atoms with Gasteiger partial charge in [-0.2, -0.15) is 0 Å². The molecule has 0 amide bonds. The molecule has 0 aliphatic heterocycles. The lowest BCUT2D eigenvalue weighted by atomic mass is 9.66. The summed E-state index contributed by atoms with van der Waals surface area (Å²) in [5.41, 5.74) is 3.71. The van der Waals surface area contributed by atoms with Gasteiger partial charge in [0.05, 0.1) is 22.0 Å². The van der Waals surface area contributed by atoms with Crippen LogP contribution < -0.4 is 9.62 Å². The van der Waals surface area contributed by atoms with E-state index in [1.54, 1.807) is 19.1 Å². The van der Waals surface area contributed by atoms with Crippen LogP contribution in [0.15, 0.2) is 18.2 Å². The van der Waals surface area contributed by atoms with Gasteiger partial charge >= 0.3 is 5.97 Å². The topological polar surface area (TPSA) is 86.7 Å². The number of aromatic carboxylic acids is 1. The van der Waals surface area contributed by atoms with E-state index < -0.39 is 16.0 Å². The van der Waals surface area contributed by atoms with Crippen molar-refractivity contribution in [3.05, 3.63) is 39.8 Å². The van der Waals surface area contributed by atoms with Crippen LogP contribution in [0.3, 0.4) is 0 Å². The van der Waals surface area contributed by atoms with E-state index in [1.165, 1.54) is 22.1 Å². The number of anilines is 3. The van der Waals surface area contributed by atoms with Crippen LogP contribution in [0.1, 0.15) is 94.1 Å². The van der Waals surface area contributed by atoms with Gasteiger partial charge in [0.25, 0.3) is 0 Å². The van der Waals surface area contributed by atoms with Gasteiger partial charge in [-0.1, -0.05) is 48.5 Å². The molecule has 0 unspecified atom stereocenters. The molecule has 0 atom stereocenters. The Balaban J connectivity index is 2.20. The number of benzene rings is 1. The van der Waals surface area contributed by atoms with Gasteiger partial charge in [-0.15, -0.1) is 11.3 Å². The smallest absolute Gasteiger partial charge is 0.337 e. The number of sulfonamides is 1. The molecule has 6 nitrogen and oxygen atoms in total. The van der Waals surface area contributed by atoms with Crippen molar-refractivity contribution >= 4 is 43.7 Å². The first-order valence-electron chi connectivity index (χ1n) is 12.4. The van der Waals surface area contributed by atoms with E-state index in [2.05, 4.69) is 58.1 Å². The largest absolute Gasteiger partial charge is 0.478 e. The minimum atomic E-state index is -3.64. The Labute approximate surface area is 214 Å².